The largest absolute Gasteiger partial charge is 0.491 e. The summed E-state index contributed by atoms with van der Waals surface area (Å²) in [6.07, 6.45) is 7.57. The van der Waals surface area contributed by atoms with E-state index in [2.05, 4.69) is 82.3 Å². The molecular weight excluding hydrogens is 456 g/mol. The molecule has 1 aliphatic carbocycles. The Morgan fingerprint density at radius 2 is 1.46 bits per heavy atom. The van der Waals surface area contributed by atoms with E-state index in [1.54, 1.807) is 0 Å². The summed E-state index contributed by atoms with van der Waals surface area (Å²) in [7, 11) is 0. The Morgan fingerprint density at radius 3 is 2.16 bits per heavy atom. The SMILES string of the molecule is CC(C)CC(c1cccc2c(OC(C)OCCOc3ccc(C4CCCCC4)cc3)cccc12)C(C)C. The third kappa shape index (κ3) is 7.51. The highest BCUT2D eigenvalue weighted by molar-refractivity contribution is 5.91. The zero-order valence-electron chi connectivity index (χ0n) is 23.5. The van der Waals surface area contributed by atoms with Crippen molar-refractivity contribution in [3.05, 3.63) is 71.8 Å². The van der Waals surface area contributed by atoms with Crippen LogP contribution in [-0.2, 0) is 4.74 Å². The molecule has 1 fully saturated rings. The van der Waals surface area contributed by atoms with E-state index in [1.807, 2.05) is 13.0 Å². The highest BCUT2D eigenvalue weighted by Gasteiger charge is 2.20. The topological polar surface area (TPSA) is 27.7 Å². The fraction of sp³-hybridized carbons (Fsp3) is 0.529. The Labute approximate surface area is 224 Å². The van der Waals surface area contributed by atoms with Crippen LogP contribution < -0.4 is 9.47 Å². The van der Waals surface area contributed by atoms with Crippen molar-refractivity contribution in [2.75, 3.05) is 13.2 Å². The van der Waals surface area contributed by atoms with Crippen LogP contribution in [0.5, 0.6) is 11.5 Å². The number of fused-ring (bicyclic) bond motifs is 1. The van der Waals surface area contributed by atoms with Crippen LogP contribution in [0.4, 0.5) is 0 Å². The molecule has 4 rings (SSSR count). The molecule has 0 spiro atoms. The molecule has 37 heavy (non-hydrogen) atoms. The molecule has 0 amide bonds. The Hall–Kier alpha value is -2.52. The first-order chi connectivity index (χ1) is 17.9. The summed E-state index contributed by atoms with van der Waals surface area (Å²) >= 11 is 0. The van der Waals surface area contributed by atoms with E-state index in [0.717, 1.165) is 22.8 Å². The van der Waals surface area contributed by atoms with Gasteiger partial charge in [0.1, 0.15) is 18.1 Å². The van der Waals surface area contributed by atoms with Gasteiger partial charge >= 0.3 is 0 Å². The zero-order valence-corrected chi connectivity index (χ0v) is 23.5. The van der Waals surface area contributed by atoms with Crippen molar-refractivity contribution in [3.8, 4) is 11.5 Å². The van der Waals surface area contributed by atoms with Crippen molar-refractivity contribution in [1.82, 2.24) is 0 Å². The standard InChI is InChI=1S/C34H46O3/c1-24(2)23-33(25(3)4)31-13-9-15-32-30(31)14-10-16-34(32)37-26(5)35-21-22-36-29-19-17-28(18-20-29)27-11-7-6-8-12-27/h9-10,13-20,24-27,33H,6-8,11-12,21-23H2,1-5H3. The molecule has 0 heterocycles. The normalized spacial score (nSPS) is 16.3. The first-order valence-corrected chi connectivity index (χ1v) is 14.4. The predicted molar refractivity (Wildman–Crippen MR) is 155 cm³/mol. The highest BCUT2D eigenvalue weighted by Crippen LogP contribution is 2.38. The molecule has 2 unspecified atom stereocenters. The molecule has 0 bridgehead atoms. The quantitative estimate of drug-likeness (QED) is 0.182. The van der Waals surface area contributed by atoms with Crippen LogP contribution in [0.25, 0.3) is 10.8 Å². The average molecular weight is 503 g/mol. The average Bonchev–Trinajstić information content (AvgIpc) is 2.90. The van der Waals surface area contributed by atoms with Gasteiger partial charge in [-0.15, -0.1) is 0 Å². The smallest absolute Gasteiger partial charge is 0.197 e. The number of rotatable bonds is 12. The van der Waals surface area contributed by atoms with Crippen molar-refractivity contribution in [1.29, 1.82) is 0 Å². The lowest BCUT2D eigenvalue weighted by atomic mass is 9.80. The van der Waals surface area contributed by atoms with E-state index >= 15 is 0 Å². The number of ether oxygens (including phenoxy) is 3. The van der Waals surface area contributed by atoms with E-state index < -0.39 is 0 Å². The van der Waals surface area contributed by atoms with Gasteiger partial charge in [0.25, 0.3) is 0 Å². The maximum absolute atomic E-state index is 6.26. The van der Waals surface area contributed by atoms with Crippen LogP contribution in [0, 0.1) is 11.8 Å². The number of hydrogen-bond donors (Lipinski definition) is 0. The fourth-order valence-corrected chi connectivity index (χ4v) is 5.86. The molecule has 0 aromatic heterocycles. The van der Waals surface area contributed by atoms with Crippen LogP contribution in [-0.4, -0.2) is 19.5 Å². The van der Waals surface area contributed by atoms with Crippen molar-refractivity contribution in [2.45, 2.75) is 91.3 Å². The minimum atomic E-state index is -0.358. The summed E-state index contributed by atoms with van der Waals surface area (Å²) in [5.41, 5.74) is 2.87. The molecule has 0 radical (unpaired) electrons. The molecule has 3 nitrogen and oxygen atoms in total. The lowest BCUT2D eigenvalue weighted by molar-refractivity contribution is -0.0731. The van der Waals surface area contributed by atoms with Gasteiger partial charge in [-0.05, 0) is 84.6 Å². The summed E-state index contributed by atoms with van der Waals surface area (Å²) in [6, 6.07) is 21.7. The van der Waals surface area contributed by atoms with Crippen LogP contribution in [0.3, 0.4) is 0 Å². The molecule has 1 saturated carbocycles. The lowest BCUT2D eigenvalue weighted by Gasteiger charge is -2.25. The van der Waals surface area contributed by atoms with Gasteiger partial charge in [-0.2, -0.15) is 0 Å². The van der Waals surface area contributed by atoms with Crippen molar-refractivity contribution < 1.29 is 14.2 Å². The molecule has 2 atom stereocenters. The zero-order chi connectivity index (χ0) is 26.2. The van der Waals surface area contributed by atoms with E-state index in [9.17, 15) is 0 Å². The summed E-state index contributed by atoms with van der Waals surface area (Å²) in [5.74, 6) is 4.27. The lowest BCUT2D eigenvalue weighted by Crippen LogP contribution is -2.20. The summed E-state index contributed by atoms with van der Waals surface area (Å²) in [4.78, 5) is 0. The number of hydrogen-bond acceptors (Lipinski definition) is 3. The summed E-state index contributed by atoms with van der Waals surface area (Å²) in [5, 5.41) is 2.44. The van der Waals surface area contributed by atoms with Gasteiger partial charge in [-0.3, -0.25) is 0 Å². The molecule has 1 aliphatic rings. The predicted octanol–water partition coefficient (Wildman–Crippen LogP) is 9.49. The Bertz CT molecular complexity index is 1100. The van der Waals surface area contributed by atoms with Gasteiger partial charge in [-0.25, -0.2) is 0 Å². The van der Waals surface area contributed by atoms with E-state index in [4.69, 9.17) is 14.2 Å². The highest BCUT2D eigenvalue weighted by atomic mass is 16.7. The van der Waals surface area contributed by atoms with Crippen molar-refractivity contribution in [2.24, 2.45) is 11.8 Å². The first-order valence-electron chi connectivity index (χ1n) is 14.4. The summed E-state index contributed by atoms with van der Waals surface area (Å²) in [6.45, 7) is 12.2. The van der Waals surface area contributed by atoms with E-state index in [1.165, 1.54) is 55.0 Å². The third-order valence-electron chi connectivity index (χ3n) is 7.80. The molecule has 3 aromatic carbocycles. The van der Waals surface area contributed by atoms with Gasteiger partial charge in [0, 0.05) is 5.39 Å². The van der Waals surface area contributed by atoms with Gasteiger partial charge in [0.2, 0.25) is 0 Å². The van der Waals surface area contributed by atoms with Crippen LogP contribution in [0.2, 0.25) is 0 Å². The van der Waals surface area contributed by atoms with Gasteiger partial charge < -0.3 is 14.2 Å². The molecule has 3 aromatic rings. The van der Waals surface area contributed by atoms with Crippen LogP contribution in [0.15, 0.2) is 60.7 Å². The molecular formula is C34H46O3. The van der Waals surface area contributed by atoms with E-state index in [-0.39, 0.29) is 6.29 Å². The minimum Gasteiger partial charge on any atom is -0.491 e. The first kappa shape index (κ1) is 27.5. The fourth-order valence-electron chi connectivity index (χ4n) is 5.86. The Kier molecular flexibility index (Phi) is 9.91. The minimum absolute atomic E-state index is 0.358. The van der Waals surface area contributed by atoms with E-state index in [0.29, 0.717) is 31.0 Å². The Morgan fingerprint density at radius 1 is 0.757 bits per heavy atom. The van der Waals surface area contributed by atoms with Crippen LogP contribution >= 0.6 is 0 Å². The third-order valence-corrected chi connectivity index (χ3v) is 7.80. The van der Waals surface area contributed by atoms with Gasteiger partial charge in [0.05, 0.1) is 6.61 Å². The maximum Gasteiger partial charge on any atom is 0.197 e. The maximum atomic E-state index is 6.26. The Balaban J connectivity index is 1.31. The molecule has 200 valence electrons. The molecule has 3 heteroatoms. The molecule has 0 N–H and O–H groups in total. The van der Waals surface area contributed by atoms with Crippen molar-refractivity contribution in [3.63, 3.8) is 0 Å². The van der Waals surface area contributed by atoms with Crippen molar-refractivity contribution >= 4 is 10.8 Å². The second kappa shape index (κ2) is 13.3. The second-order valence-corrected chi connectivity index (χ2v) is 11.5. The van der Waals surface area contributed by atoms with Gasteiger partial charge in [0.15, 0.2) is 6.29 Å². The van der Waals surface area contributed by atoms with Gasteiger partial charge in [-0.1, -0.05) is 89.4 Å². The van der Waals surface area contributed by atoms with Crippen LogP contribution in [0.1, 0.15) is 96.1 Å². The summed E-state index contributed by atoms with van der Waals surface area (Å²) < 4.78 is 18.2. The molecule has 0 saturated heterocycles. The monoisotopic (exact) mass is 502 g/mol. The number of benzene rings is 3. The second-order valence-electron chi connectivity index (χ2n) is 11.5. The molecule has 0 aliphatic heterocycles.